The van der Waals surface area contributed by atoms with Gasteiger partial charge in [-0.3, -0.25) is 0 Å². The van der Waals surface area contributed by atoms with Crippen molar-refractivity contribution in [1.82, 2.24) is 5.32 Å². The fourth-order valence-electron chi connectivity index (χ4n) is 2.64. The topological polar surface area (TPSA) is 59.3 Å². The molecule has 1 N–H and O–H groups in total. The first kappa shape index (κ1) is 13.6. The Labute approximate surface area is 109 Å². The van der Waals surface area contributed by atoms with Gasteiger partial charge in [0.25, 0.3) is 0 Å². The van der Waals surface area contributed by atoms with Crippen molar-refractivity contribution in [3.8, 4) is 0 Å². The number of sulfone groups is 1. The monoisotopic (exact) mass is 271 g/mol. The van der Waals surface area contributed by atoms with Gasteiger partial charge in [0.2, 0.25) is 0 Å². The summed E-state index contributed by atoms with van der Waals surface area (Å²) in [5.74, 6) is 1.36. The summed E-state index contributed by atoms with van der Waals surface area (Å²) < 4.78 is 28.3. The Balaban J connectivity index is 2.01. The highest BCUT2D eigenvalue weighted by molar-refractivity contribution is 7.91. The second kappa shape index (κ2) is 5.89. The van der Waals surface area contributed by atoms with Gasteiger partial charge < -0.3 is 9.73 Å². The minimum Gasteiger partial charge on any atom is -0.472 e. The lowest BCUT2D eigenvalue weighted by Crippen LogP contribution is -2.30. The zero-order chi connectivity index (χ0) is 13.0. The van der Waals surface area contributed by atoms with Crippen LogP contribution >= 0.6 is 0 Å². The van der Waals surface area contributed by atoms with Gasteiger partial charge in [-0.15, -0.1) is 0 Å². The first-order valence-electron chi connectivity index (χ1n) is 6.53. The van der Waals surface area contributed by atoms with Gasteiger partial charge in [-0.05, 0) is 49.4 Å². The fraction of sp³-hybridized carbons (Fsp3) is 0.692. The Morgan fingerprint density at radius 1 is 1.56 bits per heavy atom. The Morgan fingerprint density at radius 2 is 2.39 bits per heavy atom. The molecule has 1 aromatic heterocycles. The Morgan fingerprint density at radius 3 is 2.94 bits per heavy atom. The number of furan rings is 1. The number of rotatable bonds is 6. The molecule has 1 saturated heterocycles. The highest BCUT2D eigenvalue weighted by Gasteiger charge is 2.33. The molecular formula is C13H21NO3S. The van der Waals surface area contributed by atoms with E-state index >= 15 is 0 Å². The molecule has 0 bridgehead atoms. The van der Waals surface area contributed by atoms with Crippen LogP contribution < -0.4 is 5.32 Å². The summed E-state index contributed by atoms with van der Waals surface area (Å²) in [5, 5.41) is 3.34. The van der Waals surface area contributed by atoms with Gasteiger partial charge in [0.15, 0.2) is 9.84 Å². The van der Waals surface area contributed by atoms with E-state index in [-0.39, 0.29) is 5.92 Å². The third kappa shape index (κ3) is 3.59. The summed E-state index contributed by atoms with van der Waals surface area (Å²) in [7, 11) is -2.80. The third-order valence-electron chi connectivity index (χ3n) is 3.67. The van der Waals surface area contributed by atoms with Gasteiger partial charge in [0.1, 0.15) is 0 Å². The molecule has 0 aromatic carbocycles. The van der Waals surface area contributed by atoms with Crippen molar-refractivity contribution in [2.24, 2.45) is 11.8 Å². The molecule has 0 amide bonds. The van der Waals surface area contributed by atoms with Crippen LogP contribution in [0.3, 0.4) is 0 Å². The van der Waals surface area contributed by atoms with Crippen molar-refractivity contribution < 1.29 is 12.8 Å². The van der Waals surface area contributed by atoms with Crippen LogP contribution in [0, 0.1) is 11.8 Å². The van der Waals surface area contributed by atoms with E-state index in [2.05, 4.69) is 12.2 Å². The maximum atomic E-state index is 11.6. The summed E-state index contributed by atoms with van der Waals surface area (Å²) in [6, 6.07) is 1.96. The molecule has 0 aliphatic carbocycles. The van der Waals surface area contributed by atoms with Crippen LogP contribution in [0.25, 0.3) is 0 Å². The maximum Gasteiger partial charge on any atom is 0.150 e. The van der Waals surface area contributed by atoms with Gasteiger partial charge in [0, 0.05) is 0 Å². The van der Waals surface area contributed by atoms with Gasteiger partial charge in [-0.2, -0.15) is 0 Å². The molecule has 2 unspecified atom stereocenters. The number of hydrogen-bond acceptors (Lipinski definition) is 4. The van der Waals surface area contributed by atoms with E-state index in [4.69, 9.17) is 4.42 Å². The lowest BCUT2D eigenvalue weighted by molar-refractivity contribution is 0.345. The van der Waals surface area contributed by atoms with Crippen LogP contribution in [-0.4, -0.2) is 33.0 Å². The van der Waals surface area contributed by atoms with E-state index in [1.807, 2.05) is 6.07 Å². The first-order chi connectivity index (χ1) is 8.61. The van der Waals surface area contributed by atoms with Crippen LogP contribution in [0.4, 0.5) is 0 Å². The van der Waals surface area contributed by atoms with Crippen LogP contribution in [0.2, 0.25) is 0 Å². The zero-order valence-electron chi connectivity index (χ0n) is 10.8. The lowest BCUT2D eigenvalue weighted by Gasteiger charge is -2.22. The normalized spacial score (nSPS) is 24.2. The Kier molecular flexibility index (Phi) is 4.45. The van der Waals surface area contributed by atoms with E-state index < -0.39 is 9.84 Å². The minimum atomic E-state index is -2.80. The molecule has 2 rings (SSSR count). The molecular weight excluding hydrogens is 250 g/mol. The smallest absolute Gasteiger partial charge is 0.150 e. The summed E-state index contributed by atoms with van der Waals surface area (Å²) in [6.45, 7) is 3.86. The highest BCUT2D eigenvalue weighted by atomic mass is 32.2. The predicted molar refractivity (Wildman–Crippen MR) is 71.2 cm³/mol. The van der Waals surface area contributed by atoms with Gasteiger partial charge in [0.05, 0.1) is 24.0 Å². The molecule has 0 spiro atoms. The summed E-state index contributed by atoms with van der Waals surface area (Å²) in [6.07, 6.45) is 5.12. The highest BCUT2D eigenvalue weighted by Crippen LogP contribution is 2.28. The van der Waals surface area contributed by atoms with Crippen molar-refractivity contribution in [1.29, 1.82) is 0 Å². The quantitative estimate of drug-likeness (QED) is 0.851. The second-order valence-electron chi connectivity index (χ2n) is 5.07. The average Bonchev–Trinajstić information content (AvgIpc) is 2.93. The molecule has 1 aromatic rings. The molecule has 102 valence electrons. The Bertz CT molecular complexity index is 453. The molecule has 5 heteroatoms. The molecule has 2 atom stereocenters. The van der Waals surface area contributed by atoms with Gasteiger partial charge in [-0.1, -0.05) is 6.92 Å². The largest absolute Gasteiger partial charge is 0.472 e. The number of nitrogens with one attached hydrogen (secondary N) is 1. The lowest BCUT2D eigenvalue weighted by atomic mass is 9.87. The van der Waals surface area contributed by atoms with Crippen LogP contribution in [0.1, 0.15) is 18.9 Å². The van der Waals surface area contributed by atoms with Crippen molar-refractivity contribution in [3.63, 3.8) is 0 Å². The van der Waals surface area contributed by atoms with Crippen molar-refractivity contribution >= 4 is 9.84 Å². The van der Waals surface area contributed by atoms with Crippen molar-refractivity contribution in [2.75, 3.05) is 24.6 Å². The standard InChI is InChI=1S/C13H21NO3S/c1-2-14-8-13(7-11-3-5-17-9-11)12-4-6-18(15,16)10-12/h3,5,9,12-14H,2,4,6-8,10H2,1H3. The molecule has 0 radical (unpaired) electrons. The first-order valence-corrected chi connectivity index (χ1v) is 8.35. The SMILES string of the molecule is CCNCC(Cc1ccoc1)C1CCS(=O)(=O)C1. The van der Waals surface area contributed by atoms with Crippen molar-refractivity contribution in [2.45, 2.75) is 19.8 Å². The average molecular weight is 271 g/mol. The van der Waals surface area contributed by atoms with E-state index in [1.165, 1.54) is 0 Å². The molecule has 18 heavy (non-hydrogen) atoms. The summed E-state index contributed by atoms with van der Waals surface area (Å²) in [4.78, 5) is 0. The third-order valence-corrected chi connectivity index (χ3v) is 5.46. The molecule has 0 saturated carbocycles. The fourth-order valence-corrected chi connectivity index (χ4v) is 4.56. The van der Waals surface area contributed by atoms with E-state index in [0.717, 1.165) is 31.5 Å². The number of hydrogen-bond donors (Lipinski definition) is 1. The van der Waals surface area contributed by atoms with Gasteiger partial charge in [-0.25, -0.2) is 8.42 Å². The molecule has 1 fully saturated rings. The van der Waals surface area contributed by atoms with E-state index in [1.54, 1.807) is 12.5 Å². The molecule has 1 aliphatic heterocycles. The van der Waals surface area contributed by atoms with Crippen LogP contribution in [-0.2, 0) is 16.3 Å². The predicted octanol–water partition coefficient (Wildman–Crippen LogP) is 1.48. The molecule has 4 nitrogen and oxygen atoms in total. The molecule has 1 aliphatic rings. The van der Waals surface area contributed by atoms with Crippen LogP contribution in [0.15, 0.2) is 23.0 Å². The van der Waals surface area contributed by atoms with E-state index in [0.29, 0.717) is 17.4 Å². The van der Waals surface area contributed by atoms with Crippen molar-refractivity contribution in [3.05, 3.63) is 24.2 Å². The Hall–Kier alpha value is -0.810. The van der Waals surface area contributed by atoms with Crippen LogP contribution in [0.5, 0.6) is 0 Å². The van der Waals surface area contributed by atoms with Gasteiger partial charge >= 0.3 is 0 Å². The summed E-state index contributed by atoms with van der Waals surface area (Å²) in [5.41, 5.74) is 1.15. The second-order valence-corrected chi connectivity index (χ2v) is 7.30. The minimum absolute atomic E-state index is 0.281. The zero-order valence-corrected chi connectivity index (χ0v) is 11.6. The molecule has 2 heterocycles. The summed E-state index contributed by atoms with van der Waals surface area (Å²) >= 11 is 0. The maximum absolute atomic E-state index is 11.6. The van der Waals surface area contributed by atoms with E-state index in [9.17, 15) is 8.42 Å².